The van der Waals surface area contributed by atoms with Gasteiger partial charge in [-0.25, -0.2) is 4.39 Å². The van der Waals surface area contributed by atoms with Crippen LogP contribution >= 0.6 is 23.2 Å². The second kappa shape index (κ2) is 6.63. The van der Waals surface area contributed by atoms with E-state index in [-0.39, 0.29) is 27.6 Å². The molecule has 1 aromatic carbocycles. The number of carbonyl (C=O) groups is 1. The summed E-state index contributed by atoms with van der Waals surface area (Å²) in [7, 11) is 0. The third-order valence-electron chi connectivity index (χ3n) is 2.58. The summed E-state index contributed by atoms with van der Waals surface area (Å²) >= 11 is 11.4. The minimum atomic E-state index is -0.381. The van der Waals surface area contributed by atoms with Crippen molar-refractivity contribution < 1.29 is 9.18 Å². The van der Waals surface area contributed by atoms with E-state index in [0.29, 0.717) is 13.0 Å². The maximum atomic E-state index is 12.7. The zero-order valence-electron chi connectivity index (χ0n) is 10.2. The van der Waals surface area contributed by atoms with Gasteiger partial charge in [0, 0.05) is 6.54 Å². The van der Waals surface area contributed by atoms with E-state index >= 15 is 0 Å². The van der Waals surface area contributed by atoms with E-state index in [4.69, 9.17) is 23.2 Å². The lowest BCUT2D eigenvalue weighted by molar-refractivity contribution is 0.0953. The highest BCUT2D eigenvalue weighted by atomic mass is 35.5. The van der Waals surface area contributed by atoms with Crippen LogP contribution in [0.25, 0.3) is 0 Å². The fraction of sp³-hybridized carbons (Fsp3) is 0.154. The number of nitrogens with one attached hydrogen (secondary N) is 1. The highest BCUT2D eigenvalue weighted by Gasteiger charge is 2.12. The lowest BCUT2D eigenvalue weighted by Gasteiger charge is -2.06. The van der Waals surface area contributed by atoms with Crippen LogP contribution in [0.4, 0.5) is 4.39 Å². The van der Waals surface area contributed by atoms with Crippen molar-refractivity contribution >= 4 is 29.1 Å². The highest BCUT2D eigenvalue weighted by Crippen LogP contribution is 2.15. The standard InChI is InChI=1S/C13H10Cl2FN3O/c14-11-7-10(12(15)19-18-11)13(20)17-6-5-8-1-3-9(16)4-2-8/h1-4,7H,5-6H2,(H,17,20). The lowest BCUT2D eigenvalue weighted by atomic mass is 10.1. The molecular formula is C13H10Cl2FN3O. The molecule has 2 aromatic rings. The van der Waals surface area contributed by atoms with Gasteiger partial charge in [-0.1, -0.05) is 35.3 Å². The average molecular weight is 314 g/mol. The Morgan fingerprint density at radius 1 is 1.20 bits per heavy atom. The monoisotopic (exact) mass is 313 g/mol. The van der Waals surface area contributed by atoms with Crippen molar-refractivity contribution in [2.75, 3.05) is 6.54 Å². The van der Waals surface area contributed by atoms with Crippen LogP contribution in [0, 0.1) is 5.82 Å². The van der Waals surface area contributed by atoms with Gasteiger partial charge in [-0.2, -0.15) is 0 Å². The average Bonchev–Trinajstić information content (AvgIpc) is 2.43. The van der Waals surface area contributed by atoms with Crippen LogP contribution in [0.1, 0.15) is 15.9 Å². The van der Waals surface area contributed by atoms with Gasteiger partial charge >= 0.3 is 0 Å². The van der Waals surface area contributed by atoms with Crippen LogP contribution in [0.15, 0.2) is 30.3 Å². The molecule has 20 heavy (non-hydrogen) atoms. The van der Waals surface area contributed by atoms with E-state index in [0.717, 1.165) is 5.56 Å². The Balaban J connectivity index is 1.92. The number of amides is 1. The Kier molecular flexibility index (Phi) is 4.87. The first-order valence-corrected chi connectivity index (χ1v) is 6.53. The summed E-state index contributed by atoms with van der Waals surface area (Å²) in [6, 6.07) is 7.43. The number of nitrogens with zero attached hydrogens (tertiary/aromatic N) is 2. The molecule has 1 aromatic heterocycles. The molecule has 0 aliphatic rings. The van der Waals surface area contributed by atoms with Gasteiger partial charge in [0.2, 0.25) is 0 Å². The van der Waals surface area contributed by atoms with E-state index in [9.17, 15) is 9.18 Å². The molecule has 1 N–H and O–H groups in total. The van der Waals surface area contributed by atoms with Crippen LogP contribution in [-0.2, 0) is 6.42 Å². The zero-order valence-corrected chi connectivity index (χ0v) is 11.7. The lowest BCUT2D eigenvalue weighted by Crippen LogP contribution is -2.26. The molecule has 7 heteroatoms. The molecule has 0 saturated carbocycles. The second-order valence-corrected chi connectivity index (χ2v) is 4.75. The van der Waals surface area contributed by atoms with Crippen molar-refractivity contribution in [3.63, 3.8) is 0 Å². The molecule has 4 nitrogen and oxygen atoms in total. The highest BCUT2D eigenvalue weighted by molar-refractivity contribution is 6.34. The largest absolute Gasteiger partial charge is 0.352 e. The normalized spacial score (nSPS) is 10.3. The van der Waals surface area contributed by atoms with Gasteiger partial charge in [0.25, 0.3) is 5.91 Å². The predicted octanol–water partition coefficient (Wildman–Crippen LogP) is 2.90. The number of hydrogen-bond acceptors (Lipinski definition) is 3. The van der Waals surface area contributed by atoms with Gasteiger partial charge < -0.3 is 5.32 Å². The van der Waals surface area contributed by atoms with Crippen LogP contribution in [0.2, 0.25) is 10.3 Å². The van der Waals surface area contributed by atoms with E-state index in [2.05, 4.69) is 15.5 Å². The maximum absolute atomic E-state index is 12.7. The van der Waals surface area contributed by atoms with Crippen molar-refractivity contribution in [1.29, 1.82) is 0 Å². The second-order valence-electron chi connectivity index (χ2n) is 4.00. The smallest absolute Gasteiger partial charge is 0.254 e. The zero-order chi connectivity index (χ0) is 14.5. The predicted molar refractivity (Wildman–Crippen MR) is 74.5 cm³/mol. The van der Waals surface area contributed by atoms with Crippen LogP contribution in [-0.4, -0.2) is 22.6 Å². The van der Waals surface area contributed by atoms with Gasteiger partial charge in [0.05, 0.1) is 5.56 Å². The number of carbonyl (C=O) groups excluding carboxylic acids is 1. The summed E-state index contributed by atoms with van der Waals surface area (Å²) in [6.45, 7) is 0.390. The number of hydrogen-bond donors (Lipinski definition) is 1. The summed E-state index contributed by atoms with van der Waals surface area (Å²) in [4.78, 5) is 11.9. The van der Waals surface area contributed by atoms with E-state index in [1.807, 2.05) is 0 Å². The van der Waals surface area contributed by atoms with Crippen LogP contribution in [0.5, 0.6) is 0 Å². The van der Waals surface area contributed by atoms with Crippen molar-refractivity contribution in [3.8, 4) is 0 Å². The summed E-state index contributed by atoms with van der Waals surface area (Å²) < 4.78 is 12.7. The minimum Gasteiger partial charge on any atom is -0.352 e. The molecule has 0 radical (unpaired) electrons. The topological polar surface area (TPSA) is 54.9 Å². The fourth-order valence-corrected chi connectivity index (χ4v) is 1.90. The molecule has 0 aliphatic carbocycles. The minimum absolute atomic E-state index is 0.00585. The Bertz CT molecular complexity index is 620. The maximum Gasteiger partial charge on any atom is 0.254 e. The Morgan fingerprint density at radius 3 is 2.60 bits per heavy atom. The molecule has 0 aliphatic heterocycles. The van der Waals surface area contributed by atoms with E-state index < -0.39 is 0 Å². The van der Waals surface area contributed by atoms with Crippen LogP contribution < -0.4 is 5.32 Å². The summed E-state index contributed by atoms with van der Waals surface area (Å²) in [6.07, 6.45) is 0.579. The van der Waals surface area contributed by atoms with E-state index in [1.54, 1.807) is 12.1 Å². The molecule has 0 atom stereocenters. The first-order valence-electron chi connectivity index (χ1n) is 5.77. The number of rotatable bonds is 4. The first kappa shape index (κ1) is 14.7. The van der Waals surface area contributed by atoms with Crippen molar-refractivity contribution in [2.45, 2.75) is 6.42 Å². The summed E-state index contributed by atoms with van der Waals surface area (Å²) in [5.41, 5.74) is 1.09. The molecular weight excluding hydrogens is 304 g/mol. The van der Waals surface area contributed by atoms with Crippen molar-refractivity contribution in [2.24, 2.45) is 0 Å². The molecule has 104 valence electrons. The van der Waals surface area contributed by atoms with Gasteiger partial charge in [0.1, 0.15) is 5.82 Å². The van der Waals surface area contributed by atoms with Crippen LogP contribution in [0.3, 0.4) is 0 Å². The third kappa shape index (κ3) is 3.88. The number of halogens is 3. The molecule has 0 bridgehead atoms. The Labute approximate surface area is 124 Å². The van der Waals surface area contributed by atoms with Crippen molar-refractivity contribution in [1.82, 2.24) is 15.5 Å². The SMILES string of the molecule is O=C(NCCc1ccc(F)cc1)c1cc(Cl)nnc1Cl. The van der Waals surface area contributed by atoms with Gasteiger partial charge in [-0.15, -0.1) is 10.2 Å². The van der Waals surface area contributed by atoms with Crippen molar-refractivity contribution in [3.05, 3.63) is 57.6 Å². The summed E-state index contributed by atoms with van der Waals surface area (Å²) in [5.74, 6) is -0.670. The first-order chi connectivity index (χ1) is 9.56. The molecule has 2 rings (SSSR count). The quantitative estimate of drug-likeness (QED) is 0.944. The molecule has 0 saturated heterocycles. The number of aromatic nitrogens is 2. The van der Waals surface area contributed by atoms with E-state index in [1.165, 1.54) is 18.2 Å². The molecule has 1 heterocycles. The van der Waals surface area contributed by atoms with Gasteiger partial charge in [0.15, 0.2) is 10.3 Å². The number of benzene rings is 1. The molecule has 0 unspecified atom stereocenters. The molecule has 1 amide bonds. The third-order valence-corrected chi connectivity index (χ3v) is 3.04. The fourth-order valence-electron chi connectivity index (χ4n) is 1.58. The molecule has 0 fully saturated rings. The van der Waals surface area contributed by atoms with Gasteiger partial charge in [-0.05, 0) is 30.2 Å². The summed E-state index contributed by atoms with van der Waals surface area (Å²) in [5, 5.41) is 9.86. The molecule has 0 spiro atoms. The Hall–Kier alpha value is -1.72. The Morgan fingerprint density at radius 2 is 1.90 bits per heavy atom. The van der Waals surface area contributed by atoms with Gasteiger partial charge in [-0.3, -0.25) is 4.79 Å².